The Labute approximate surface area is 107 Å². The number of methoxy groups -OCH3 is 1. The number of para-hydroxylation sites is 1. The molecule has 1 unspecified atom stereocenters. The van der Waals surface area contributed by atoms with E-state index in [2.05, 4.69) is 24.3 Å². The molecule has 3 rings (SSSR count). The molecule has 0 heterocycles. The zero-order chi connectivity index (χ0) is 12.5. The first-order valence-electron chi connectivity index (χ1n) is 6.32. The van der Waals surface area contributed by atoms with E-state index in [4.69, 9.17) is 10.5 Å². The SMILES string of the molecule is COc1ccccc1-c1cccc2c1CCC2N. The average molecular weight is 239 g/mol. The lowest BCUT2D eigenvalue weighted by Crippen LogP contribution is -2.04. The van der Waals surface area contributed by atoms with Crippen LogP contribution < -0.4 is 10.5 Å². The van der Waals surface area contributed by atoms with Gasteiger partial charge in [-0.05, 0) is 35.6 Å². The van der Waals surface area contributed by atoms with E-state index in [1.807, 2.05) is 18.2 Å². The van der Waals surface area contributed by atoms with Crippen LogP contribution in [0.1, 0.15) is 23.6 Å². The van der Waals surface area contributed by atoms with Gasteiger partial charge in [-0.1, -0.05) is 36.4 Å². The smallest absolute Gasteiger partial charge is 0.126 e. The Bertz CT molecular complexity index is 577. The van der Waals surface area contributed by atoms with Crippen LogP contribution in [-0.2, 0) is 6.42 Å². The lowest BCUT2D eigenvalue weighted by molar-refractivity contribution is 0.416. The van der Waals surface area contributed by atoms with Crippen LogP contribution in [0.15, 0.2) is 42.5 Å². The number of fused-ring (bicyclic) bond motifs is 1. The molecule has 92 valence electrons. The van der Waals surface area contributed by atoms with Crippen LogP contribution in [0.4, 0.5) is 0 Å². The number of ether oxygens (including phenoxy) is 1. The van der Waals surface area contributed by atoms with Crippen LogP contribution in [0, 0.1) is 0 Å². The van der Waals surface area contributed by atoms with E-state index in [0.717, 1.165) is 24.2 Å². The molecule has 0 aliphatic heterocycles. The molecule has 2 nitrogen and oxygen atoms in total. The second-order valence-corrected chi connectivity index (χ2v) is 4.72. The second-order valence-electron chi connectivity index (χ2n) is 4.72. The van der Waals surface area contributed by atoms with E-state index in [9.17, 15) is 0 Å². The molecule has 2 N–H and O–H groups in total. The summed E-state index contributed by atoms with van der Waals surface area (Å²) in [6, 6.07) is 14.7. The van der Waals surface area contributed by atoms with Crippen molar-refractivity contribution in [3.63, 3.8) is 0 Å². The Morgan fingerprint density at radius 1 is 1.06 bits per heavy atom. The van der Waals surface area contributed by atoms with Crippen LogP contribution in [0.3, 0.4) is 0 Å². The van der Waals surface area contributed by atoms with Crippen LogP contribution in [0.2, 0.25) is 0 Å². The van der Waals surface area contributed by atoms with E-state index < -0.39 is 0 Å². The Morgan fingerprint density at radius 2 is 1.83 bits per heavy atom. The number of nitrogens with two attached hydrogens (primary N) is 1. The zero-order valence-corrected chi connectivity index (χ0v) is 10.5. The Hall–Kier alpha value is -1.80. The minimum Gasteiger partial charge on any atom is -0.496 e. The molecule has 0 fully saturated rings. The van der Waals surface area contributed by atoms with Gasteiger partial charge in [0.05, 0.1) is 7.11 Å². The van der Waals surface area contributed by atoms with Crippen molar-refractivity contribution in [2.75, 3.05) is 7.11 Å². The lowest BCUT2D eigenvalue weighted by atomic mass is 9.96. The predicted octanol–water partition coefficient (Wildman–Crippen LogP) is 3.31. The fourth-order valence-electron chi connectivity index (χ4n) is 2.81. The summed E-state index contributed by atoms with van der Waals surface area (Å²) >= 11 is 0. The summed E-state index contributed by atoms with van der Waals surface area (Å²) in [7, 11) is 1.72. The van der Waals surface area contributed by atoms with E-state index >= 15 is 0 Å². The molecular formula is C16H17NO. The molecular weight excluding hydrogens is 222 g/mol. The first-order chi connectivity index (χ1) is 8.81. The van der Waals surface area contributed by atoms with Gasteiger partial charge in [-0.25, -0.2) is 0 Å². The van der Waals surface area contributed by atoms with Crippen molar-refractivity contribution in [1.82, 2.24) is 0 Å². The van der Waals surface area contributed by atoms with Gasteiger partial charge >= 0.3 is 0 Å². The zero-order valence-electron chi connectivity index (χ0n) is 10.5. The maximum absolute atomic E-state index is 6.13. The van der Waals surface area contributed by atoms with Gasteiger partial charge in [0, 0.05) is 11.6 Å². The second kappa shape index (κ2) is 4.46. The summed E-state index contributed by atoms with van der Waals surface area (Å²) in [5.74, 6) is 0.923. The number of hydrogen-bond acceptors (Lipinski definition) is 2. The standard InChI is InChI=1S/C16H17NO/c1-18-16-8-3-2-5-14(16)11-6-4-7-13-12(11)9-10-15(13)17/h2-8,15H,9-10,17H2,1H3. The molecule has 2 heteroatoms. The molecule has 0 radical (unpaired) electrons. The van der Waals surface area contributed by atoms with E-state index in [1.54, 1.807) is 7.11 Å². The Morgan fingerprint density at radius 3 is 2.67 bits per heavy atom. The van der Waals surface area contributed by atoms with Crippen molar-refractivity contribution in [3.8, 4) is 16.9 Å². The van der Waals surface area contributed by atoms with Crippen molar-refractivity contribution in [3.05, 3.63) is 53.6 Å². The highest BCUT2D eigenvalue weighted by atomic mass is 16.5. The molecule has 0 saturated heterocycles. The Balaban J connectivity index is 2.19. The van der Waals surface area contributed by atoms with Crippen LogP contribution >= 0.6 is 0 Å². The molecule has 1 atom stereocenters. The predicted molar refractivity (Wildman–Crippen MR) is 73.7 cm³/mol. The largest absolute Gasteiger partial charge is 0.496 e. The van der Waals surface area contributed by atoms with Crippen molar-refractivity contribution in [2.24, 2.45) is 5.73 Å². The van der Waals surface area contributed by atoms with Gasteiger partial charge in [-0.3, -0.25) is 0 Å². The highest BCUT2D eigenvalue weighted by Gasteiger charge is 2.22. The molecule has 0 amide bonds. The Kier molecular flexibility index (Phi) is 2.80. The molecule has 0 bridgehead atoms. The highest BCUT2D eigenvalue weighted by Crippen LogP contribution is 2.39. The van der Waals surface area contributed by atoms with Crippen LogP contribution in [0.25, 0.3) is 11.1 Å². The number of rotatable bonds is 2. The van der Waals surface area contributed by atoms with Crippen molar-refractivity contribution < 1.29 is 4.74 Å². The molecule has 2 aromatic carbocycles. The molecule has 2 aromatic rings. The molecule has 1 aliphatic rings. The monoisotopic (exact) mass is 239 g/mol. The first kappa shape index (κ1) is 11.3. The summed E-state index contributed by atoms with van der Waals surface area (Å²) in [5, 5.41) is 0. The maximum Gasteiger partial charge on any atom is 0.126 e. The lowest BCUT2D eigenvalue weighted by Gasteiger charge is -2.13. The van der Waals surface area contributed by atoms with Gasteiger partial charge in [-0.2, -0.15) is 0 Å². The fraction of sp³-hybridized carbons (Fsp3) is 0.250. The normalized spacial score (nSPS) is 17.6. The van der Waals surface area contributed by atoms with Crippen molar-refractivity contribution >= 4 is 0 Å². The van der Waals surface area contributed by atoms with Gasteiger partial charge in [-0.15, -0.1) is 0 Å². The summed E-state index contributed by atoms with van der Waals surface area (Å²) in [5.41, 5.74) is 11.2. The van der Waals surface area contributed by atoms with Gasteiger partial charge in [0.15, 0.2) is 0 Å². The molecule has 1 aliphatic carbocycles. The summed E-state index contributed by atoms with van der Waals surface area (Å²) in [4.78, 5) is 0. The van der Waals surface area contributed by atoms with E-state index in [0.29, 0.717) is 0 Å². The van der Waals surface area contributed by atoms with Gasteiger partial charge in [0.2, 0.25) is 0 Å². The number of hydrogen-bond donors (Lipinski definition) is 1. The molecule has 18 heavy (non-hydrogen) atoms. The third-order valence-corrected chi connectivity index (χ3v) is 3.71. The fourth-order valence-corrected chi connectivity index (χ4v) is 2.81. The molecule has 0 spiro atoms. The van der Waals surface area contributed by atoms with Crippen LogP contribution in [-0.4, -0.2) is 7.11 Å². The third kappa shape index (κ3) is 1.70. The maximum atomic E-state index is 6.13. The first-order valence-corrected chi connectivity index (χ1v) is 6.32. The molecule has 0 aromatic heterocycles. The van der Waals surface area contributed by atoms with Crippen molar-refractivity contribution in [2.45, 2.75) is 18.9 Å². The van der Waals surface area contributed by atoms with Crippen LogP contribution in [0.5, 0.6) is 5.75 Å². The molecule has 0 saturated carbocycles. The van der Waals surface area contributed by atoms with Crippen molar-refractivity contribution in [1.29, 1.82) is 0 Å². The summed E-state index contributed by atoms with van der Waals surface area (Å²) < 4.78 is 5.46. The quantitative estimate of drug-likeness (QED) is 0.872. The van der Waals surface area contributed by atoms with Gasteiger partial charge < -0.3 is 10.5 Å². The van der Waals surface area contributed by atoms with Gasteiger partial charge in [0.25, 0.3) is 0 Å². The topological polar surface area (TPSA) is 35.2 Å². The highest BCUT2D eigenvalue weighted by molar-refractivity contribution is 5.75. The van der Waals surface area contributed by atoms with E-state index in [-0.39, 0.29) is 6.04 Å². The minimum atomic E-state index is 0.189. The third-order valence-electron chi connectivity index (χ3n) is 3.71. The minimum absolute atomic E-state index is 0.189. The van der Waals surface area contributed by atoms with Gasteiger partial charge in [0.1, 0.15) is 5.75 Å². The summed E-state index contributed by atoms with van der Waals surface area (Å²) in [6.45, 7) is 0. The number of benzene rings is 2. The van der Waals surface area contributed by atoms with E-state index in [1.165, 1.54) is 16.7 Å². The summed E-state index contributed by atoms with van der Waals surface area (Å²) in [6.07, 6.45) is 2.10. The average Bonchev–Trinajstić information content (AvgIpc) is 2.81.